The Hall–Kier alpha value is -1.20. The van der Waals surface area contributed by atoms with Gasteiger partial charge in [-0.2, -0.15) is 0 Å². The molecule has 0 heterocycles. The molecule has 0 saturated heterocycles. The molecule has 18 heavy (non-hydrogen) atoms. The van der Waals surface area contributed by atoms with Gasteiger partial charge in [-0.05, 0) is 35.1 Å². The summed E-state index contributed by atoms with van der Waals surface area (Å²) in [5.74, 6) is 0.266. The average Bonchev–Trinajstić information content (AvgIpc) is 2.27. The Labute approximate surface area is 110 Å². The van der Waals surface area contributed by atoms with Crippen molar-refractivity contribution in [2.24, 2.45) is 0 Å². The maximum absolute atomic E-state index is 10.9. The Bertz CT molecular complexity index is 440. The number of carbonyl (C=O) groups is 1. The van der Waals surface area contributed by atoms with Gasteiger partial charge in [-0.3, -0.25) is 9.00 Å². The monoisotopic (exact) mass is 268 g/mol. The fourth-order valence-corrected chi connectivity index (χ4v) is 2.29. The topological polar surface area (TPSA) is 69.2 Å². The zero-order valence-electron chi connectivity index (χ0n) is 11.0. The zero-order valence-corrected chi connectivity index (χ0v) is 11.8. The summed E-state index contributed by atoms with van der Waals surface area (Å²) in [6.07, 6.45) is 0.787. The lowest BCUT2D eigenvalue weighted by atomic mass is 9.91. The van der Waals surface area contributed by atoms with E-state index >= 15 is 0 Å². The number of carbonyl (C=O) groups excluding carboxylic acids is 1. The number of rotatable bonds is 5. The van der Waals surface area contributed by atoms with Crippen molar-refractivity contribution in [3.8, 4) is 0 Å². The highest BCUT2D eigenvalue weighted by Crippen LogP contribution is 2.33. The molecule has 100 valence electrons. The van der Waals surface area contributed by atoms with Gasteiger partial charge in [0.1, 0.15) is 6.29 Å². The third kappa shape index (κ3) is 3.40. The second-order valence-corrected chi connectivity index (χ2v) is 5.51. The molecular weight excluding hydrogens is 250 g/mol. The Morgan fingerprint density at radius 1 is 1.17 bits per heavy atom. The first kappa shape index (κ1) is 14.9. The quantitative estimate of drug-likeness (QED) is 0.659. The van der Waals surface area contributed by atoms with Gasteiger partial charge in [0.25, 0.3) is 0 Å². The van der Waals surface area contributed by atoms with Crippen LogP contribution in [-0.2, 0) is 11.3 Å². The van der Waals surface area contributed by atoms with Gasteiger partial charge in [0.2, 0.25) is 0 Å². The summed E-state index contributed by atoms with van der Waals surface area (Å²) in [5, 5.41) is 0. The van der Waals surface area contributed by atoms with Crippen molar-refractivity contribution in [3.05, 3.63) is 28.8 Å². The molecule has 0 bridgehead atoms. The van der Waals surface area contributed by atoms with Crippen LogP contribution in [0.5, 0.6) is 0 Å². The highest BCUT2D eigenvalue weighted by Gasteiger charge is 2.15. The van der Waals surface area contributed by atoms with Gasteiger partial charge in [0.15, 0.2) is 0 Å². The number of hydrogen-bond donors (Lipinski definition) is 1. The first-order valence-corrected chi connectivity index (χ1v) is 6.93. The van der Waals surface area contributed by atoms with Crippen molar-refractivity contribution in [2.45, 2.75) is 39.5 Å². The smallest absolute Gasteiger partial charge is 0.150 e. The predicted molar refractivity (Wildman–Crippen MR) is 72.6 cm³/mol. The van der Waals surface area contributed by atoms with Crippen LogP contribution in [0.15, 0.2) is 12.1 Å². The molecule has 0 radical (unpaired) electrons. The normalized spacial score (nSPS) is 12.8. The third-order valence-corrected chi connectivity index (χ3v) is 3.16. The Morgan fingerprint density at radius 2 is 1.61 bits per heavy atom. The van der Waals surface area contributed by atoms with Crippen molar-refractivity contribution in [3.63, 3.8) is 0 Å². The van der Waals surface area contributed by atoms with E-state index in [1.165, 1.54) is 0 Å². The standard InChI is InChI=1S/C13H19NO3S/c1-8(2)11-5-10(7-15)6-12(9(3)4)13(11)14-18(16)17/h5-9,14H,1-4H3,(H,16,17)/p-1. The highest BCUT2D eigenvalue weighted by molar-refractivity contribution is 7.80. The SMILES string of the molecule is CC(C)c1cc(C=O)cc(C(C)C)c1NS(=O)[O-]. The maximum Gasteiger partial charge on any atom is 0.150 e. The zero-order chi connectivity index (χ0) is 13.9. The largest absolute Gasteiger partial charge is 0.755 e. The Kier molecular flexibility index (Phi) is 5.04. The van der Waals surface area contributed by atoms with E-state index in [2.05, 4.69) is 4.72 Å². The molecule has 4 nitrogen and oxygen atoms in total. The lowest BCUT2D eigenvalue weighted by Gasteiger charge is -2.22. The summed E-state index contributed by atoms with van der Waals surface area (Å²) in [5.41, 5.74) is 2.85. The molecule has 1 atom stereocenters. The molecule has 1 rings (SSSR count). The molecule has 5 heteroatoms. The third-order valence-electron chi connectivity index (χ3n) is 2.79. The predicted octanol–water partition coefficient (Wildman–Crippen LogP) is 2.95. The van der Waals surface area contributed by atoms with Crippen molar-refractivity contribution < 1.29 is 13.6 Å². The molecule has 0 aliphatic carbocycles. The summed E-state index contributed by atoms with van der Waals surface area (Å²) >= 11 is -2.37. The van der Waals surface area contributed by atoms with Crippen molar-refractivity contribution in [1.82, 2.24) is 0 Å². The molecule has 0 fully saturated rings. The fourth-order valence-electron chi connectivity index (χ4n) is 1.89. The van der Waals surface area contributed by atoms with Gasteiger partial charge in [-0.1, -0.05) is 27.7 Å². The van der Waals surface area contributed by atoms with Crippen LogP contribution in [0.2, 0.25) is 0 Å². The van der Waals surface area contributed by atoms with Crippen LogP contribution in [0, 0.1) is 0 Å². The number of benzene rings is 1. The molecule has 0 aliphatic rings. The van der Waals surface area contributed by atoms with E-state index in [-0.39, 0.29) is 11.8 Å². The van der Waals surface area contributed by atoms with E-state index in [0.29, 0.717) is 11.3 Å². The number of aldehydes is 1. The molecule has 0 spiro atoms. The van der Waals surface area contributed by atoms with Crippen LogP contribution in [0.4, 0.5) is 5.69 Å². The van der Waals surface area contributed by atoms with Crippen LogP contribution in [0.3, 0.4) is 0 Å². The Balaban J connectivity index is 3.49. The molecule has 0 saturated carbocycles. The lowest BCUT2D eigenvalue weighted by molar-refractivity contribution is 0.112. The first-order valence-electron chi connectivity index (χ1n) is 5.85. The van der Waals surface area contributed by atoms with E-state index < -0.39 is 11.3 Å². The summed E-state index contributed by atoms with van der Waals surface area (Å²) in [7, 11) is 0. The van der Waals surface area contributed by atoms with Gasteiger partial charge in [0.05, 0.1) is 5.69 Å². The minimum Gasteiger partial charge on any atom is -0.755 e. The van der Waals surface area contributed by atoms with E-state index in [1.807, 2.05) is 27.7 Å². The van der Waals surface area contributed by atoms with Gasteiger partial charge in [-0.15, -0.1) is 0 Å². The number of anilines is 1. The number of hydrogen-bond acceptors (Lipinski definition) is 3. The molecule has 1 aromatic carbocycles. The van der Waals surface area contributed by atoms with Gasteiger partial charge >= 0.3 is 0 Å². The van der Waals surface area contributed by atoms with E-state index in [1.54, 1.807) is 12.1 Å². The summed E-state index contributed by atoms with van der Waals surface area (Å²) in [6.45, 7) is 7.86. The molecule has 1 unspecified atom stereocenters. The first-order chi connectivity index (χ1) is 8.36. The molecular formula is C13H18NO3S-. The van der Waals surface area contributed by atoms with E-state index in [9.17, 15) is 13.6 Å². The summed E-state index contributed by atoms with van der Waals surface area (Å²) in [6, 6.07) is 3.47. The number of nitrogens with one attached hydrogen (secondary N) is 1. The molecule has 0 amide bonds. The van der Waals surface area contributed by atoms with Crippen molar-refractivity contribution in [2.75, 3.05) is 4.72 Å². The average molecular weight is 268 g/mol. The van der Waals surface area contributed by atoms with E-state index in [4.69, 9.17) is 0 Å². The van der Waals surface area contributed by atoms with Gasteiger partial charge in [0, 0.05) is 16.8 Å². The molecule has 0 aromatic heterocycles. The van der Waals surface area contributed by atoms with Crippen LogP contribution in [0.25, 0.3) is 0 Å². The van der Waals surface area contributed by atoms with Crippen molar-refractivity contribution >= 4 is 23.2 Å². The lowest BCUT2D eigenvalue weighted by Crippen LogP contribution is -2.10. The van der Waals surface area contributed by atoms with Crippen molar-refractivity contribution in [1.29, 1.82) is 0 Å². The van der Waals surface area contributed by atoms with E-state index in [0.717, 1.165) is 17.4 Å². The summed E-state index contributed by atoms with van der Waals surface area (Å²) in [4.78, 5) is 10.9. The van der Waals surface area contributed by atoms with Crippen LogP contribution in [-0.4, -0.2) is 15.0 Å². The van der Waals surface area contributed by atoms with Crippen LogP contribution >= 0.6 is 0 Å². The second-order valence-electron chi connectivity index (χ2n) is 4.84. The minimum atomic E-state index is -2.37. The van der Waals surface area contributed by atoms with Crippen LogP contribution < -0.4 is 4.72 Å². The second kappa shape index (κ2) is 6.11. The molecule has 1 N–H and O–H groups in total. The molecule has 1 aromatic rings. The minimum absolute atomic E-state index is 0.133. The summed E-state index contributed by atoms with van der Waals surface area (Å²) < 4.78 is 24.2. The van der Waals surface area contributed by atoms with Gasteiger partial charge < -0.3 is 9.27 Å². The van der Waals surface area contributed by atoms with Gasteiger partial charge in [-0.25, -0.2) is 0 Å². The Morgan fingerprint density at radius 3 is 1.89 bits per heavy atom. The highest BCUT2D eigenvalue weighted by atomic mass is 32.2. The molecule has 0 aliphatic heterocycles. The fraction of sp³-hybridized carbons (Fsp3) is 0.462. The maximum atomic E-state index is 10.9. The van der Waals surface area contributed by atoms with Crippen LogP contribution in [0.1, 0.15) is 61.0 Å².